The third-order valence-electron chi connectivity index (χ3n) is 6.24. The van der Waals surface area contributed by atoms with Gasteiger partial charge in [0, 0.05) is 41.4 Å². The van der Waals surface area contributed by atoms with Crippen LogP contribution in [0.4, 0.5) is 5.69 Å². The molecule has 0 unspecified atom stereocenters. The Balaban J connectivity index is 2.28. The molecule has 0 atom stereocenters. The van der Waals surface area contributed by atoms with Crippen LogP contribution >= 0.6 is 12.0 Å². The Bertz CT molecular complexity index is 1300. The second-order valence-corrected chi connectivity index (χ2v) is 10.3. The molecule has 198 valence electrons. The maximum atomic E-state index is 12.0. The van der Waals surface area contributed by atoms with Crippen LogP contribution in [0.3, 0.4) is 0 Å². The summed E-state index contributed by atoms with van der Waals surface area (Å²) in [7, 11) is -4.47. The van der Waals surface area contributed by atoms with E-state index in [2.05, 4.69) is 42.2 Å². The van der Waals surface area contributed by atoms with Crippen LogP contribution in [-0.2, 0) is 19.5 Å². The number of anilines is 1. The SMILES string of the molecule is CCN(CC)c1ccc(C(=C2C=CC(=[N+](CC)CC)C=C2)c2cc(S(=O)(=O)O)ccc2SOOO)cc1. The van der Waals surface area contributed by atoms with Gasteiger partial charge in [-0.15, -0.1) is 4.33 Å². The Hall–Kier alpha value is -2.73. The van der Waals surface area contributed by atoms with Crippen LogP contribution in [0.25, 0.3) is 5.57 Å². The standard InChI is InChI=1S/C27H32N2O6S2/c1-5-28(6-2)22-13-9-20(10-14-22)27(21-11-15-23(16-12-21)29(7-3)8-4)25-19-24(37(31,32)33)17-18-26(25)36-35-34-30/h9-19H,5-8H2,1-4H3,(H-,30,31,32,33)/p+1. The van der Waals surface area contributed by atoms with E-state index in [1.165, 1.54) is 18.2 Å². The van der Waals surface area contributed by atoms with Crippen LogP contribution in [0.1, 0.15) is 38.8 Å². The fourth-order valence-electron chi connectivity index (χ4n) is 4.32. The van der Waals surface area contributed by atoms with Gasteiger partial charge in [-0.05, 0) is 86.9 Å². The van der Waals surface area contributed by atoms with E-state index in [1.54, 1.807) is 0 Å². The summed E-state index contributed by atoms with van der Waals surface area (Å²) in [6.45, 7) is 11.9. The first-order valence-electron chi connectivity index (χ1n) is 12.1. The first kappa shape index (κ1) is 28.8. The van der Waals surface area contributed by atoms with Crippen molar-refractivity contribution in [3.63, 3.8) is 0 Å². The highest BCUT2D eigenvalue weighted by atomic mass is 32.2. The Morgan fingerprint density at radius 2 is 1.57 bits per heavy atom. The second kappa shape index (κ2) is 13.2. The van der Waals surface area contributed by atoms with Gasteiger partial charge in [0.2, 0.25) is 0 Å². The molecule has 10 heteroatoms. The summed E-state index contributed by atoms with van der Waals surface area (Å²) in [4.78, 5) is 2.46. The van der Waals surface area contributed by atoms with Crippen molar-refractivity contribution in [2.75, 3.05) is 31.1 Å². The Morgan fingerprint density at radius 1 is 0.946 bits per heavy atom. The number of benzene rings is 2. The van der Waals surface area contributed by atoms with Gasteiger partial charge in [-0.1, -0.05) is 17.2 Å². The van der Waals surface area contributed by atoms with E-state index in [9.17, 15) is 13.0 Å². The molecular formula is C27H33N2O6S2+. The van der Waals surface area contributed by atoms with E-state index >= 15 is 0 Å². The fraction of sp³-hybridized carbons (Fsp3) is 0.296. The van der Waals surface area contributed by atoms with Crippen molar-refractivity contribution in [1.82, 2.24) is 0 Å². The smallest absolute Gasteiger partial charge is 0.294 e. The normalized spacial score (nSPS) is 13.2. The Morgan fingerprint density at radius 3 is 2.08 bits per heavy atom. The maximum absolute atomic E-state index is 12.0. The van der Waals surface area contributed by atoms with Gasteiger partial charge in [-0.3, -0.25) is 4.55 Å². The number of rotatable bonds is 11. The van der Waals surface area contributed by atoms with Gasteiger partial charge in [0.05, 0.1) is 16.9 Å². The lowest BCUT2D eigenvalue weighted by Crippen LogP contribution is -2.21. The molecule has 0 aromatic heterocycles. The first-order chi connectivity index (χ1) is 17.8. The third-order valence-corrected chi connectivity index (χ3v) is 7.76. The molecule has 2 aromatic carbocycles. The minimum atomic E-state index is -4.47. The lowest BCUT2D eigenvalue weighted by atomic mass is 9.90. The van der Waals surface area contributed by atoms with Gasteiger partial charge in [0.25, 0.3) is 10.1 Å². The molecule has 0 spiro atoms. The predicted molar refractivity (Wildman–Crippen MR) is 148 cm³/mol. The van der Waals surface area contributed by atoms with E-state index in [1.807, 2.05) is 48.6 Å². The molecule has 0 bridgehead atoms. The lowest BCUT2D eigenvalue weighted by Gasteiger charge is -2.22. The highest BCUT2D eigenvalue weighted by Gasteiger charge is 2.21. The Kier molecular flexibility index (Phi) is 10.3. The van der Waals surface area contributed by atoms with Crippen molar-refractivity contribution < 1.29 is 32.2 Å². The number of allylic oxidation sites excluding steroid dienone is 5. The van der Waals surface area contributed by atoms with Crippen LogP contribution in [0.2, 0.25) is 0 Å². The van der Waals surface area contributed by atoms with Crippen molar-refractivity contribution in [3.8, 4) is 0 Å². The van der Waals surface area contributed by atoms with Crippen LogP contribution in [0.5, 0.6) is 0 Å². The minimum absolute atomic E-state index is 0.256. The van der Waals surface area contributed by atoms with Gasteiger partial charge in [-0.2, -0.15) is 8.42 Å². The predicted octanol–water partition coefficient (Wildman–Crippen LogP) is 5.63. The van der Waals surface area contributed by atoms with E-state index in [0.29, 0.717) is 10.5 Å². The van der Waals surface area contributed by atoms with Gasteiger partial charge in [0.15, 0.2) is 5.71 Å². The highest BCUT2D eigenvalue weighted by molar-refractivity contribution is 7.94. The molecular weight excluding hydrogens is 512 g/mol. The molecule has 0 heterocycles. The minimum Gasteiger partial charge on any atom is -0.372 e. The van der Waals surface area contributed by atoms with Gasteiger partial charge in [0.1, 0.15) is 13.1 Å². The molecule has 0 fully saturated rings. The average molecular weight is 546 g/mol. The zero-order chi connectivity index (χ0) is 27.0. The van der Waals surface area contributed by atoms with Crippen LogP contribution in [-0.4, -0.2) is 54.7 Å². The third kappa shape index (κ3) is 6.98. The molecule has 2 aromatic rings. The van der Waals surface area contributed by atoms with Crippen LogP contribution in [0, 0.1) is 0 Å². The van der Waals surface area contributed by atoms with Crippen molar-refractivity contribution in [2.45, 2.75) is 37.5 Å². The molecule has 0 amide bonds. The van der Waals surface area contributed by atoms with E-state index < -0.39 is 10.1 Å². The molecule has 0 radical (unpaired) electrons. The molecule has 2 N–H and O–H groups in total. The molecule has 1 aliphatic carbocycles. The molecule has 3 rings (SSSR count). The van der Waals surface area contributed by atoms with Gasteiger partial charge < -0.3 is 4.90 Å². The van der Waals surface area contributed by atoms with Gasteiger partial charge >= 0.3 is 0 Å². The van der Waals surface area contributed by atoms with E-state index in [4.69, 9.17) is 9.59 Å². The average Bonchev–Trinajstić information content (AvgIpc) is 2.90. The lowest BCUT2D eigenvalue weighted by molar-refractivity contribution is -0.519. The van der Waals surface area contributed by atoms with Gasteiger partial charge in [-0.25, -0.2) is 9.83 Å². The number of hydrogen-bond donors (Lipinski definition) is 2. The summed E-state index contributed by atoms with van der Waals surface area (Å²) in [5.41, 5.74) is 5.04. The topological polar surface area (TPSA) is 99.3 Å². The number of nitrogens with zero attached hydrogens (tertiary/aromatic N) is 2. The zero-order valence-corrected chi connectivity index (χ0v) is 23.1. The molecule has 8 nitrogen and oxygen atoms in total. The van der Waals surface area contributed by atoms with Crippen LogP contribution < -0.4 is 4.90 Å². The molecule has 37 heavy (non-hydrogen) atoms. The highest BCUT2D eigenvalue weighted by Crippen LogP contribution is 2.38. The number of hydrogen-bond acceptors (Lipinski definition) is 7. The quantitative estimate of drug-likeness (QED) is 0.123. The Labute approximate surface area is 223 Å². The van der Waals surface area contributed by atoms with Crippen molar-refractivity contribution in [3.05, 3.63) is 83.5 Å². The molecule has 0 saturated carbocycles. The van der Waals surface area contributed by atoms with Crippen molar-refractivity contribution >= 4 is 39.1 Å². The molecule has 0 aliphatic heterocycles. The second-order valence-electron chi connectivity index (χ2n) is 8.17. The summed E-state index contributed by atoms with van der Waals surface area (Å²) in [6.07, 6.45) is 8.03. The summed E-state index contributed by atoms with van der Waals surface area (Å²) in [5, 5.41) is 12.5. The summed E-state index contributed by atoms with van der Waals surface area (Å²) >= 11 is 0.729. The fourth-order valence-corrected chi connectivity index (χ4v) is 5.31. The maximum Gasteiger partial charge on any atom is 0.294 e. The molecule has 0 saturated heterocycles. The summed E-state index contributed by atoms with van der Waals surface area (Å²) in [6, 6.07) is 12.2. The zero-order valence-electron chi connectivity index (χ0n) is 21.4. The van der Waals surface area contributed by atoms with Crippen molar-refractivity contribution in [1.29, 1.82) is 0 Å². The summed E-state index contributed by atoms with van der Waals surface area (Å²) < 4.78 is 40.7. The van der Waals surface area contributed by atoms with E-state index in [0.717, 1.165) is 66.3 Å². The summed E-state index contributed by atoms with van der Waals surface area (Å²) in [5.74, 6) is 0. The molecule has 1 aliphatic rings. The monoisotopic (exact) mass is 545 g/mol. The van der Waals surface area contributed by atoms with Crippen LogP contribution in [0.15, 0.2) is 82.1 Å². The first-order valence-corrected chi connectivity index (χ1v) is 14.3. The van der Waals surface area contributed by atoms with Crippen molar-refractivity contribution in [2.24, 2.45) is 0 Å². The largest absolute Gasteiger partial charge is 0.372 e. The van der Waals surface area contributed by atoms with E-state index in [-0.39, 0.29) is 4.90 Å².